The third-order valence-electron chi connectivity index (χ3n) is 4.36. The van der Waals surface area contributed by atoms with E-state index in [-0.39, 0.29) is 29.6 Å². The molecule has 2 aromatic rings. The quantitative estimate of drug-likeness (QED) is 0.468. The molecule has 0 spiro atoms. The number of nitro benzene ring substituents is 1. The highest BCUT2D eigenvalue weighted by atomic mass is 16.6. The zero-order chi connectivity index (χ0) is 18.7. The molecule has 0 aromatic heterocycles. The normalized spacial score (nSPS) is 15.4. The minimum atomic E-state index is -0.673. The molecule has 0 aliphatic carbocycles. The number of ether oxygens (including phenoxy) is 1. The highest BCUT2D eigenvalue weighted by Crippen LogP contribution is 2.31. The third kappa shape index (κ3) is 3.56. The number of anilines is 1. The maximum Gasteiger partial charge on any atom is 0.311 e. The molecule has 1 aliphatic heterocycles. The minimum absolute atomic E-state index is 0.00573. The summed E-state index contributed by atoms with van der Waals surface area (Å²) in [6, 6.07) is 13.6. The molecule has 0 bridgehead atoms. The summed E-state index contributed by atoms with van der Waals surface area (Å²) in [6.07, 6.45) is 0.503. The lowest BCUT2D eigenvalue weighted by molar-refractivity contribution is -0.385. The van der Waals surface area contributed by atoms with E-state index in [1.807, 2.05) is 31.2 Å². The topological polar surface area (TPSA) is 89.8 Å². The van der Waals surface area contributed by atoms with E-state index in [0.29, 0.717) is 0 Å². The van der Waals surface area contributed by atoms with Gasteiger partial charge in [-0.2, -0.15) is 0 Å². The third-order valence-corrected chi connectivity index (χ3v) is 4.36. The van der Waals surface area contributed by atoms with Gasteiger partial charge in [0.15, 0.2) is 6.61 Å². The van der Waals surface area contributed by atoms with Crippen LogP contribution in [0, 0.1) is 10.1 Å². The maximum absolute atomic E-state index is 12.5. The Morgan fingerprint density at radius 3 is 2.65 bits per heavy atom. The molecule has 0 saturated carbocycles. The van der Waals surface area contributed by atoms with Gasteiger partial charge in [-0.05, 0) is 25.0 Å². The number of para-hydroxylation sites is 2. The van der Waals surface area contributed by atoms with Crippen molar-refractivity contribution in [3.63, 3.8) is 0 Å². The van der Waals surface area contributed by atoms with E-state index in [4.69, 9.17) is 4.74 Å². The van der Waals surface area contributed by atoms with Gasteiger partial charge in [-0.3, -0.25) is 19.7 Å². The number of carbonyl (C=O) groups is 2. The summed E-state index contributed by atoms with van der Waals surface area (Å²) in [7, 11) is 0. The molecule has 0 radical (unpaired) electrons. The molecular weight excluding hydrogens is 336 g/mol. The number of nitrogens with zero attached hydrogens (tertiary/aromatic N) is 2. The van der Waals surface area contributed by atoms with Gasteiger partial charge in [-0.25, -0.2) is 0 Å². The van der Waals surface area contributed by atoms with Crippen molar-refractivity contribution in [2.45, 2.75) is 25.8 Å². The molecule has 7 nitrogen and oxygen atoms in total. The van der Waals surface area contributed by atoms with E-state index >= 15 is 0 Å². The van der Waals surface area contributed by atoms with Gasteiger partial charge < -0.3 is 9.64 Å². The molecule has 0 saturated heterocycles. The molecule has 3 rings (SSSR count). The van der Waals surface area contributed by atoms with Crippen LogP contribution in [-0.2, 0) is 27.2 Å². The second kappa shape index (κ2) is 7.35. The lowest BCUT2D eigenvalue weighted by Gasteiger charge is -2.22. The number of nitro groups is 1. The summed E-state index contributed by atoms with van der Waals surface area (Å²) in [6.45, 7) is 1.55. The van der Waals surface area contributed by atoms with E-state index in [9.17, 15) is 19.7 Å². The van der Waals surface area contributed by atoms with Crippen LogP contribution in [0.15, 0.2) is 48.5 Å². The molecule has 0 N–H and O–H groups in total. The van der Waals surface area contributed by atoms with Crippen molar-refractivity contribution in [3.05, 3.63) is 69.8 Å². The Morgan fingerprint density at radius 2 is 1.88 bits per heavy atom. The van der Waals surface area contributed by atoms with Gasteiger partial charge >= 0.3 is 5.97 Å². The molecular formula is C19H18N2O5. The lowest BCUT2D eigenvalue weighted by atomic mass is 10.1. The van der Waals surface area contributed by atoms with Crippen molar-refractivity contribution in [1.82, 2.24) is 0 Å². The van der Waals surface area contributed by atoms with Gasteiger partial charge in [0.25, 0.3) is 11.6 Å². The van der Waals surface area contributed by atoms with Crippen LogP contribution in [0.3, 0.4) is 0 Å². The largest absolute Gasteiger partial charge is 0.455 e. The van der Waals surface area contributed by atoms with E-state index in [0.717, 1.165) is 17.7 Å². The van der Waals surface area contributed by atoms with Crippen molar-refractivity contribution < 1.29 is 19.2 Å². The molecule has 0 unspecified atom stereocenters. The van der Waals surface area contributed by atoms with Gasteiger partial charge in [0.2, 0.25) is 0 Å². The average molecular weight is 354 g/mol. The standard InChI is InChI=1S/C19H18N2O5/c1-13-10-14-6-2-4-8-16(14)20(13)18(22)12-26-19(23)11-15-7-3-5-9-17(15)21(24)25/h2-9,13H,10-12H2,1H3/t13-/m1/s1. The van der Waals surface area contributed by atoms with E-state index in [1.165, 1.54) is 18.2 Å². The predicted octanol–water partition coefficient (Wildman–Crippen LogP) is 2.66. The van der Waals surface area contributed by atoms with Crippen molar-refractivity contribution >= 4 is 23.3 Å². The van der Waals surface area contributed by atoms with Crippen LogP contribution >= 0.6 is 0 Å². The van der Waals surface area contributed by atoms with Gasteiger partial charge in [0, 0.05) is 23.4 Å². The fourth-order valence-electron chi connectivity index (χ4n) is 3.20. The first kappa shape index (κ1) is 17.6. The summed E-state index contributed by atoms with van der Waals surface area (Å²) < 4.78 is 5.07. The van der Waals surface area contributed by atoms with Crippen molar-refractivity contribution in [1.29, 1.82) is 0 Å². The highest BCUT2D eigenvalue weighted by Gasteiger charge is 2.31. The van der Waals surface area contributed by atoms with Gasteiger partial charge in [-0.15, -0.1) is 0 Å². The monoisotopic (exact) mass is 354 g/mol. The number of esters is 1. The molecule has 1 amide bonds. The van der Waals surface area contributed by atoms with E-state index < -0.39 is 17.5 Å². The Bertz CT molecular complexity index is 865. The van der Waals surface area contributed by atoms with Crippen LogP contribution in [0.25, 0.3) is 0 Å². The Balaban J connectivity index is 1.62. The second-order valence-corrected chi connectivity index (χ2v) is 6.17. The first-order chi connectivity index (χ1) is 12.5. The number of hydrogen-bond acceptors (Lipinski definition) is 5. The molecule has 7 heteroatoms. The van der Waals surface area contributed by atoms with E-state index in [2.05, 4.69) is 0 Å². The predicted molar refractivity (Wildman–Crippen MR) is 94.9 cm³/mol. The molecule has 2 aromatic carbocycles. The zero-order valence-corrected chi connectivity index (χ0v) is 14.3. The molecule has 1 atom stereocenters. The number of carbonyl (C=O) groups excluding carboxylic acids is 2. The molecule has 134 valence electrons. The maximum atomic E-state index is 12.5. The summed E-state index contributed by atoms with van der Waals surface area (Å²) in [5.41, 5.74) is 2.03. The first-order valence-electron chi connectivity index (χ1n) is 8.25. The van der Waals surface area contributed by atoms with Crippen LogP contribution in [-0.4, -0.2) is 29.4 Å². The molecule has 26 heavy (non-hydrogen) atoms. The lowest BCUT2D eigenvalue weighted by Crippen LogP contribution is -2.38. The Labute approximate surface area is 150 Å². The summed E-state index contributed by atoms with van der Waals surface area (Å²) in [5.74, 6) is -0.980. The smallest absolute Gasteiger partial charge is 0.311 e. The van der Waals surface area contributed by atoms with Crippen molar-refractivity contribution in [2.24, 2.45) is 0 Å². The Morgan fingerprint density at radius 1 is 1.19 bits per heavy atom. The summed E-state index contributed by atoms with van der Waals surface area (Å²) >= 11 is 0. The number of rotatable bonds is 5. The minimum Gasteiger partial charge on any atom is -0.455 e. The van der Waals surface area contributed by atoms with Gasteiger partial charge in [-0.1, -0.05) is 36.4 Å². The first-order valence-corrected chi connectivity index (χ1v) is 8.25. The Kier molecular flexibility index (Phi) is 4.97. The van der Waals surface area contributed by atoms with Crippen molar-refractivity contribution in [3.8, 4) is 0 Å². The number of benzene rings is 2. The van der Waals surface area contributed by atoms with E-state index in [1.54, 1.807) is 11.0 Å². The van der Waals surface area contributed by atoms with Crippen LogP contribution in [0.5, 0.6) is 0 Å². The fraction of sp³-hybridized carbons (Fsp3) is 0.263. The second-order valence-electron chi connectivity index (χ2n) is 6.17. The number of fused-ring (bicyclic) bond motifs is 1. The molecule has 1 aliphatic rings. The van der Waals surface area contributed by atoms with Crippen molar-refractivity contribution in [2.75, 3.05) is 11.5 Å². The zero-order valence-electron chi connectivity index (χ0n) is 14.3. The van der Waals surface area contributed by atoms with Gasteiger partial charge in [0.05, 0.1) is 11.3 Å². The fourth-order valence-corrected chi connectivity index (χ4v) is 3.20. The van der Waals surface area contributed by atoms with Crippen LogP contribution < -0.4 is 4.90 Å². The molecule has 1 heterocycles. The van der Waals surface area contributed by atoms with Gasteiger partial charge in [0.1, 0.15) is 0 Å². The summed E-state index contributed by atoms with van der Waals surface area (Å²) in [4.78, 5) is 36.6. The highest BCUT2D eigenvalue weighted by molar-refractivity contribution is 5.97. The Hall–Kier alpha value is -3.22. The van der Waals surface area contributed by atoms with Crippen LogP contribution in [0.1, 0.15) is 18.1 Å². The van der Waals surface area contributed by atoms with Crippen LogP contribution in [0.2, 0.25) is 0 Å². The SMILES string of the molecule is C[C@@H]1Cc2ccccc2N1C(=O)COC(=O)Cc1ccccc1[N+](=O)[O-]. The molecule has 0 fully saturated rings. The average Bonchev–Trinajstić information content (AvgIpc) is 2.95. The van der Waals surface area contributed by atoms with Crippen LogP contribution in [0.4, 0.5) is 11.4 Å². The number of amides is 1. The summed E-state index contributed by atoms with van der Waals surface area (Å²) in [5, 5.41) is 11.0. The number of hydrogen-bond donors (Lipinski definition) is 0.